The number of carbonyl (C=O) groups is 1. The van der Waals surface area contributed by atoms with Gasteiger partial charge in [-0.2, -0.15) is 4.98 Å². The van der Waals surface area contributed by atoms with Crippen LogP contribution in [0.4, 0.5) is 0 Å². The molecule has 1 atom stereocenters. The van der Waals surface area contributed by atoms with E-state index in [1.165, 1.54) is 6.33 Å². The summed E-state index contributed by atoms with van der Waals surface area (Å²) in [5.74, 6) is 1.36. The van der Waals surface area contributed by atoms with E-state index in [2.05, 4.69) is 21.9 Å². The topological polar surface area (TPSA) is 115 Å². The van der Waals surface area contributed by atoms with E-state index in [0.29, 0.717) is 52.3 Å². The van der Waals surface area contributed by atoms with Gasteiger partial charge in [0.05, 0.1) is 29.9 Å². The molecule has 1 N–H and O–H groups in total. The zero-order valence-electron chi connectivity index (χ0n) is 22.5. The molecule has 4 heterocycles. The predicted molar refractivity (Wildman–Crippen MR) is 149 cm³/mol. The summed E-state index contributed by atoms with van der Waals surface area (Å²) in [4.78, 5) is 32.7. The van der Waals surface area contributed by atoms with Crippen LogP contribution in [0.15, 0.2) is 42.9 Å². The van der Waals surface area contributed by atoms with Crippen molar-refractivity contribution in [3.63, 3.8) is 0 Å². The molecular weight excluding hydrogens is 532 g/mol. The normalized spacial score (nSPS) is 17.8. The molecule has 1 amide bonds. The van der Waals surface area contributed by atoms with Crippen LogP contribution >= 0.6 is 11.6 Å². The van der Waals surface area contributed by atoms with Crippen LogP contribution in [-0.2, 0) is 11.3 Å². The van der Waals surface area contributed by atoms with E-state index < -0.39 is 0 Å². The van der Waals surface area contributed by atoms with Crippen molar-refractivity contribution in [2.75, 3.05) is 19.8 Å². The average Bonchev–Trinajstić information content (AvgIpc) is 3.32. The fourth-order valence-corrected chi connectivity index (χ4v) is 5.31. The number of halogens is 1. The van der Waals surface area contributed by atoms with Crippen molar-refractivity contribution < 1.29 is 19.4 Å². The van der Waals surface area contributed by atoms with Gasteiger partial charge in [0.1, 0.15) is 23.5 Å². The van der Waals surface area contributed by atoms with Crippen molar-refractivity contribution in [2.45, 2.75) is 57.7 Å². The Labute approximate surface area is 237 Å². The Morgan fingerprint density at radius 3 is 2.80 bits per heavy atom. The zero-order chi connectivity index (χ0) is 27.9. The number of nitrogens with zero attached hydrogens (tertiary/aromatic N) is 6. The van der Waals surface area contributed by atoms with Crippen molar-refractivity contribution >= 4 is 28.7 Å². The summed E-state index contributed by atoms with van der Waals surface area (Å²) >= 11 is 6.79. The van der Waals surface area contributed by atoms with E-state index in [1.54, 1.807) is 23.2 Å². The summed E-state index contributed by atoms with van der Waals surface area (Å²) in [7, 11) is 0. The number of benzene rings is 1. The molecule has 2 fully saturated rings. The summed E-state index contributed by atoms with van der Waals surface area (Å²) in [5.41, 5.74) is 3.58. The van der Waals surface area contributed by atoms with Gasteiger partial charge in [-0.15, -0.1) is 0 Å². The van der Waals surface area contributed by atoms with E-state index in [1.807, 2.05) is 29.7 Å². The number of likely N-dealkylation sites (tertiary alicyclic amines) is 1. The van der Waals surface area contributed by atoms with Crippen LogP contribution in [0.5, 0.6) is 11.6 Å². The summed E-state index contributed by atoms with van der Waals surface area (Å²) in [6, 6.07) is 9.11. The smallest absolute Gasteiger partial charge is 0.260 e. The highest BCUT2D eigenvalue weighted by atomic mass is 35.5. The molecule has 1 saturated heterocycles. The number of carbonyl (C=O) groups excluding carboxylic acids is 1. The number of aromatic nitrogens is 5. The second kappa shape index (κ2) is 10.7. The van der Waals surface area contributed by atoms with Crippen molar-refractivity contribution in [3.05, 3.63) is 59.1 Å². The van der Waals surface area contributed by atoms with Crippen molar-refractivity contribution in [2.24, 2.45) is 0 Å². The third-order valence-corrected chi connectivity index (χ3v) is 7.85. The molecule has 6 rings (SSSR count). The Balaban J connectivity index is 1.32. The van der Waals surface area contributed by atoms with Gasteiger partial charge in [0, 0.05) is 18.3 Å². The van der Waals surface area contributed by atoms with Crippen LogP contribution in [0.1, 0.15) is 43.9 Å². The molecule has 2 aliphatic rings. The molecule has 11 heteroatoms. The van der Waals surface area contributed by atoms with Crippen LogP contribution in [-0.4, -0.2) is 71.8 Å². The highest BCUT2D eigenvalue weighted by Crippen LogP contribution is 2.41. The first-order chi connectivity index (χ1) is 19.3. The minimum Gasteiger partial charge on any atom is -0.484 e. The van der Waals surface area contributed by atoms with Crippen molar-refractivity contribution in [3.8, 4) is 23.0 Å². The van der Waals surface area contributed by atoms with E-state index in [0.717, 1.165) is 36.9 Å². The molecule has 40 heavy (non-hydrogen) atoms. The number of pyridine rings is 1. The molecule has 0 unspecified atom stereocenters. The van der Waals surface area contributed by atoms with E-state index in [9.17, 15) is 9.90 Å². The minimum atomic E-state index is -0.232. The third kappa shape index (κ3) is 5.33. The molecular formula is C29H31ClN6O4. The number of amides is 1. The summed E-state index contributed by atoms with van der Waals surface area (Å²) < 4.78 is 14.0. The second-order valence-electron chi connectivity index (χ2n) is 10.7. The van der Waals surface area contributed by atoms with Crippen LogP contribution in [0.25, 0.3) is 22.6 Å². The SMILES string of the molecule is Cc1ccnc(Cn2c(-c3ccc(OCC(=O)N4CCC[C@@H]4CO)cc3Cl)nc3c(OC4(C)CC4)ncnc32)c1. The first kappa shape index (κ1) is 26.5. The Hall–Kier alpha value is -3.76. The van der Waals surface area contributed by atoms with E-state index in [-0.39, 0.29) is 30.8 Å². The lowest BCUT2D eigenvalue weighted by molar-refractivity contribution is -0.134. The first-order valence-electron chi connectivity index (χ1n) is 13.5. The third-order valence-electron chi connectivity index (χ3n) is 7.54. The zero-order valence-corrected chi connectivity index (χ0v) is 23.3. The number of aliphatic hydroxyl groups is 1. The first-order valence-corrected chi connectivity index (χ1v) is 13.9. The number of rotatable bonds is 9. The fraction of sp³-hybridized carbons (Fsp3) is 0.414. The molecule has 1 aromatic carbocycles. The van der Waals surface area contributed by atoms with Gasteiger partial charge in [0.15, 0.2) is 17.8 Å². The Kier molecular flexibility index (Phi) is 7.06. The van der Waals surface area contributed by atoms with Crippen LogP contribution < -0.4 is 9.47 Å². The van der Waals surface area contributed by atoms with Crippen LogP contribution in [0, 0.1) is 6.92 Å². The Bertz CT molecular complexity index is 1570. The Morgan fingerprint density at radius 1 is 1.20 bits per heavy atom. The van der Waals surface area contributed by atoms with Crippen LogP contribution in [0.3, 0.4) is 0 Å². The molecule has 0 bridgehead atoms. The molecule has 0 spiro atoms. The van der Waals surface area contributed by atoms with Gasteiger partial charge in [-0.05, 0) is 75.4 Å². The standard InChI is InChI=1S/C29H31ClN6O4/c1-18-7-10-31-19(12-18)14-36-26(34-25-27(36)32-17-33-28(25)40-29(2)8-9-29)22-6-5-21(13-23(22)30)39-16-24(38)35-11-3-4-20(35)15-37/h5-7,10,12-13,17,20,37H,3-4,8-9,11,14-16H2,1-2H3/t20-/m1/s1. The quantitative estimate of drug-likeness (QED) is 0.323. The molecule has 3 aromatic heterocycles. The van der Waals surface area contributed by atoms with Gasteiger partial charge in [-0.3, -0.25) is 9.78 Å². The largest absolute Gasteiger partial charge is 0.484 e. The number of aryl methyl sites for hydroxylation is 1. The second-order valence-corrected chi connectivity index (χ2v) is 11.2. The van der Waals surface area contributed by atoms with Crippen molar-refractivity contribution in [1.29, 1.82) is 0 Å². The van der Waals surface area contributed by atoms with Gasteiger partial charge in [0.25, 0.3) is 5.91 Å². The van der Waals surface area contributed by atoms with E-state index in [4.69, 9.17) is 26.1 Å². The lowest BCUT2D eigenvalue weighted by Crippen LogP contribution is -2.40. The van der Waals surface area contributed by atoms with Gasteiger partial charge >= 0.3 is 0 Å². The van der Waals surface area contributed by atoms with Crippen molar-refractivity contribution in [1.82, 2.24) is 29.4 Å². The molecule has 1 aliphatic carbocycles. The maximum Gasteiger partial charge on any atom is 0.260 e. The maximum absolute atomic E-state index is 12.7. The lowest BCUT2D eigenvalue weighted by atomic mass is 10.2. The average molecular weight is 563 g/mol. The molecule has 1 saturated carbocycles. The maximum atomic E-state index is 12.7. The summed E-state index contributed by atoms with van der Waals surface area (Å²) in [5, 5.41) is 9.94. The lowest BCUT2D eigenvalue weighted by Gasteiger charge is -2.23. The minimum absolute atomic E-state index is 0.0400. The highest BCUT2D eigenvalue weighted by molar-refractivity contribution is 6.33. The number of hydrogen-bond acceptors (Lipinski definition) is 8. The van der Waals surface area contributed by atoms with Gasteiger partial charge in [-0.1, -0.05) is 11.6 Å². The molecule has 10 nitrogen and oxygen atoms in total. The van der Waals surface area contributed by atoms with Gasteiger partial charge in [0.2, 0.25) is 5.88 Å². The van der Waals surface area contributed by atoms with E-state index >= 15 is 0 Å². The molecule has 208 valence electrons. The number of aliphatic hydroxyl groups excluding tert-OH is 1. The Morgan fingerprint density at radius 2 is 2.05 bits per heavy atom. The molecule has 4 aromatic rings. The predicted octanol–water partition coefficient (Wildman–Crippen LogP) is 4.19. The summed E-state index contributed by atoms with van der Waals surface area (Å²) in [6.45, 7) is 4.97. The number of hydrogen-bond donors (Lipinski definition) is 1. The molecule has 1 aliphatic heterocycles. The fourth-order valence-electron chi connectivity index (χ4n) is 5.05. The summed E-state index contributed by atoms with van der Waals surface area (Å²) in [6.07, 6.45) is 6.89. The monoisotopic (exact) mass is 562 g/mol. The van der Waals surface area contributed by atoms with Crippen LogP contribution in [0.2, 0.25) is 5.02 Å². The number of imidazole rings is 1. The number of ether oxygens (including phenoxy) is 2. The van der Waals surface area contributed by atoms with Gasteiger partial charge < -0.3 is 24.0 Å². The number of fused-ring (bicyclic) bond motifs is 1. The highest BCUT2D eigenvalue weighted by Gasteiger charge is 2.41. The van der Waals surface area contributed by atoms with Gasteiger partial charge in [-0.25, -0.2) is 9.97 Å². The molecule has 0 radical (unpaired) electrons.